The number of alkyl halides is 3. The molecule has 13 heteroatoms. The van der Waals surface area contributed by atoms with Gasteiger partial charge in [0.25, 0.3) is 5.91 Å². The SMILES string of the molecule is C[C@]12O[C@](C)(C[C@H]1NC(=O)c1cc(-c3ccco3)[nH]n1)[C@H]1C(=O)N(c3ccc(C#N)c(C(F)(F)F)c3)C(=O)[C@H]12. The molecule has 3 saturated heterocycles. The Balaban J connectivity index is 1.29. The number of H-pyrrole nitrogens is 1. The van der Waals surface area contributed by atoms with E-state index in [0.29, 0.717) is 17.5 Å². The number of nitrogens with zero attached hydrogens (tertiary/aromatic N) is 3. The van der Waals surface area contributed by atoms with Crippen molar-refractivity contribution in [1.82, 2.24) is 15.5 Å². The number of hydrogen-bond donors (Lipinski definition) is 2. The molecule has 2 N–H and O–H groups in total. The zero-order valence-electron chi connectivity index (χ0n) is 20.5. The standard InChI is InChI=1S/C26H20F3N5O5/c1-24-10-18(31-21(35)16-9-15(32-33-16)17-4-3-7-38-17)25(2,39-24)20-19(24)22(36)34(23(20)37)13-6-5-12(11-30)14(8-13)26(27,28)29/h3-9,18-20H,10H2,1-2H3,(H,31,35)(H,32,33)/t18-,19-,20+,24-,25+/m1/s1. The third-order valence-corrected chi connectivity index (χ3v) is 7.93. The molecule has 3 fully saturated rings. The molecule has 3 amide bonds. The summed E-state index contributed by atoms with van der Waals surface area (Å²) in [6.07, 6.45) is -3.19. The average Bonchev–Trinajstić information content (AvgIpc) is 3.67. The number of carbonyl (C=O) groups excluding carboxylic acids is 3. The number of hydrogen-bond acceptors (Lipinski definition) is 7. The number of amides is 3. The highest BCUT2D eigenvalue weighted by Gasteiger charge is 2.76. The maximum atomic E-state index is 13.6. The molecule has 2 aromatic heterocycles. The topological polar surface area (TPSA) is 141 Å². The summed E-state index contributed by atoms with van der Waals surface area (Å²) in [6, 6.07) is 8.39. The van der Waals surface area contributed by atoms with Crippen LogP contribution in [-0.4, -0.2) is 45.2 Å². The molecule has 1 aromatic carbocycles. The Hall–Kier alpha value is -4.44. The second-order valence-electron chi connectivity index (χ2n) is 10.3. The van der Waals surface area contributed by atoms with E-state index in [1.165, 1.54) is 18.4 Å². The molecule has 10 nitrogen and oxygen atoms in total. The van der Waals surface area contributed by atoms with Crippen LogP contribution in [0.4, 0.5) is 18.9 Å². The summed E-state index contributed by atoms with van der Waals surface area (Å²) in [5.74, 6) is -3.47. The van der Waals surface area contributed by atoms with Crippen molar-refractivity contribution < 1.29 is 36.7 Å². The molecule has 200 valence electrons. The lowest BCUT2D eigenvalue weighted by molar-refractivity contribution is -0.138. The average molecular weight is 539 g/mol. The highest BCUT2D eigenvalue weighted by Crippen LogP contribution is 2.61. The molecule has 0 saturated carbocycles. The third-order valence-electron chi connectivity index (χ3n) is 7.93. The number of nitriles is 1. The summed E-state index contributed by atoms with van der Waals surface area (Å²) in [6.45, 7) is 3.27. The van der Waals surface area contributed by atoms with Crippen LogP contribution in [0.15, 0.2) is 47.1 Å². The van der Waals surface area contributed by atoms with E-state index in [0.717, 1.165) is 17.0 Å². The van der Waals surface area contributed by atoms with E-state index >= 15 is 0 Å². The van der Waals surface area contributed by atoms with Crippen molar-refractivity contribution in [2.24, 2.45) is 11.8 Å². The van der Waals surface area contributed by atoms with Gasteiger partial charge in [0.15, 0.2) is 11.5 Å². The fourth-order valence-electron chi connectivity index (χ4n) is 6.24. The number of nitrogens with one attached hydrogen (secondary N) is 2. The van der Waals surface area contributed by atoms with Crippen molar-refractivity contribution in [1.29, 1.82) is 5.26 Å². The van der Waals surface area contributed by atoms with Gasteiger partial charge < -0.3 is 14.5 Å². The van der Waals surface area contributed by atoms with Crippen LogP contribution in [0.3, 0.4) is 0 Å². The number of fused-ring (bicyclic) bond motifs is 5. The molecule has 3 aromatic rings. The number of halogens is 3. The van der Waals surface area contributed by atoms with Crippen molar-refractivity contribution in [3.8, 4) is 17.5 Å². The molecular formula is C26H20F3N5O5. The lowest BCUT2D eigenvalue weighted by Crippen LogP contribution is -2.56. The van der Waals surface area contributed by atoms with Gasteiger partial charge >= 0.3 is 6.18 Å². The molecule has 6 rings (SSSR count). The van der Waals surface area contributed by atoms with Gasteiger partial charge in [0, 0.05) is 12.5 Å². The van der Waals surface area contributed by atoms with Gasteiger partial charge in [0.05, 0.1) is 58.2 Å². The monoisotopic (exact) mass is 539 g/mol. The van der Waals surface area contributed by atoms with Crippen LogP contribution in [0.25, 0.3) is 11.5 Å². The summed E-state index contributed by atoms with van der Waals surface area (Å²) in [4.78, 5) is 40.9. The van der Waals surface area contributed by atoms with Gasteiger partial charge in [-0.25, -0.2) is 4.90 Å². The van der Waals surface area contributed by atoms with E-state index < -0.39 is 64.1 Å². The quantitative estimate of drug-likeness (QED) is 0.484. The minimum Gasteiger partial charge on any atom is -0.463 e. The van der Waals surface area contributed by atoms with Gasteiger partial charge in [-0.15, -0.1) is 0 Å². The summed E-state index contributed by atoms with van der Waals surface area (Å²) in [5, 5.41) is 18.7. The molecule has 0 spiro atoms. The Morgan fingerprint density at radius 3 is 2.62 bits per heavy atom. The molecule has 3 aliphatic heterocycles. The number of aromatic nitrogens is 2. The highest BCUT2D eigenvalue weighted by molar-refractivity contribution is 6.23. The normalized spacial score (nSPS) is 29.5. The lowest BCUT2D eigenvalue weighted by Gasteiger charge is -2.35. The minimum absolute atomic E-state index is 0.0715. The largest absolute Gasteiger partial charge is 0.463 e. The van der Waals surface area contributed by atoms with Crippen molar-refractivity contribution in [3.63, 3.8) is 0 Å². The first-order chi connectivity index (χ1) is 18.4. The van der Waals surface area contributed by atoms with Crippen molar-refractivity contribution in [3.05, 3.63) is 59.5 Å². The van der Waals surface area contributed by atoms with Gasteiger partial charge in [-0.05, 0) is 44.2 Å². The first-order valence-electron chi connectivity index (χ1n) is 12.0. The number of benzene rings is 1. The van der Waals surface area contributed by atoms with Crippen molar-refractivity contribution in [2.45, 2.75) is 43.7 Å². The van der Waals surface area contributed by atoms with Gasteiger partial charge in [0.2, 0.25) is 11.8 Å². The van der Waals surface area contributed by atoms with Gasteiger partial charge in [-0.3, -0.25) is 19.5 Å². The Kier molecular flexibility index (Phi) is 5.12. The van der Waals surface area contributed by atoms with Crippen LogP contribution >= 0.6 is 0 Å². The third kappa shape index (κ3) is 3.51. The molecule has 0 unspecified atom stereocenters. The Labute approximate surface area is 218 Å². The first kappa shape index (κ1) is 24.9. The maximum absolute atomic E-state index is 13.6. The van der Waals surface area contributed by atoms with Crippen LogP contribution < -0.4 is 10.2 Å². The number of rotatable bonds is 4. The second kappa shape index (κ2) is 8.03. The van der Waals surface area contributed by atoms with Crippen LogP contribution in [-0.2, 0) is 20.5 Å². The van der Waals surface area contributed by atoms with E-state index in [1.807, 2.05) is 0 Å². The maximum Gasteiger partial charge on any atom is 0.417 e. The summed E-state index contributed by atoms with van der Waals surface area (Å²) >= 11 is 0. The molecule has 0 radical (unpaired) electrons. The molecule has 2 bridgehead atoms. The van der Waals surface area contributed by atoms with Crippen LogP contribution in [0, 0.1) is 23.2 Å². The van der Waals surface area contributed by atoms with Crippen molar-refractivity contribution in [2.75, 3.05) is 4.90 Å². The number of carbonyl (C=O) groups is 3. The number of imide groups is 1. The Morgan fingerprint density at radius 2 is 1.95 bits per heavy atom. The number of anilines is 1. The predicted octanol–water partition coefficient (Wildman–Crippen LogP) is 3.42. The molecule has 39 heavy (non-hydrogen) atoms. The van der Waals surface area contributed by atoms with Crippen LogP contribution in [0.2, 0.25) is 0 Å². The van der Waals surface area contributed by atoms with E-state index in [1.54, 1.807) is 26.0 Å². The zero-order valence-corrected chi connectivity index (χ0v) is 20.5. The number of furan rings is 1. The smallest absolute Gasteiger partial charge is 0.417 e. The molecule has 5 atom stereocenters. The van der Waals surface area contributed by atoms with Gasteiger partial charge in [-0.1, -0.05) is 0 Å². The number of ether oxygens (including phenoxy) is 1. The zero-order chi connectivity index (χ0) is 27.9. The molecule has 0 aliphatic carbocycles. The fraction of sp³-hybridized carbons (Fsp3) is 0.346. The second-order valence-corrected chi connectivity index (χ2v) is 10.3. The lowest BCUT2D eigenvalue weighted by atomic mass is 9.66. The van der Waals surface area contributed by atoms with Crippen LogP contribution in [0.5, 0.6) is 0 Å². The fourth-order valence-corrected chi connectivity index (χ4v) is 6.24. The predicted molar refractivity (Wildman–Crippen MR) is 126 cm³/mol. The highest BCUT2D eigenvalue weighted by atomic mass is 19.4. The van der Waals surface area contributed by atoms with Gasteiger partial charge in [0.1, 0.15) is 5.69 Å². The van der Waals surface area contributed by atoms with Gasteiger partial charge in [-0.2, -0.15) is 23.5 Å². The van der Waals surface area contributed by atoms with Crippen LogP contribution in [0.1, 0.15) is 41.9 Å². The van der Waals surface area contributed by atoms with Crippen molar-refractivity contribution >= 4 is 23.4 Å². The summed E-state index contributed by atoms with van der Waals surface area (Å²) < 4.78 is 52.2. The minimum atomic E-state index is -4.86. The molecule has 5 heterocycles. The Bertz CT molecular complexity index is 1570. The first-order valence-corrected chi connectivity index (χ1v) is 12.0. The Morgan fingerprint density at radius 1 is 1.21 bits per heavy atom. The molecule has 3 aliphatic rings. The van der Waals surface area contributed by atoms with E-state index in [4.69, 9.17) is 14.4 Å². The summed E-state index contributed by atoms with van der Waals surface area (Å²) in [7, 11) is 0. The van der Waals surface area contributed by atoms with E-state index in [-0.39, 0.29) is 17.8 Å². The number of aromatic amines is 1. The summed E-state index contributed by atoms with van der Waals surface area (Å²) in [5.41, 5.74) is -4.04. The van der Waals surface area contributed by atoms with E-state index in [9.17, 15) is 27.6 Å². The molecular weight excluding hydrogens is 519 g/mol. The van der Waals surface area contributed by atoms with E-state index in [2.05, 4.69) is 15.5 Å².